The van der Waals surface area contributed by atoms with Gasteiger partial charge in [0, 0.05) is 13.3 Å². The van der Waals surface area contributed by atoms with E-state index in [2.05, 4.69) is 13.8 Å². The van der Waals surface area contributed by atoms with Gasteiger partial charge in [0.1, 0.15) is 0 Å². The maximum atomic E-state index is 11.3. The maximum Gasteiger partial charge on any atom is 0.303 e. The minimum Gasteiger partial charge on any atom is -0.455 e. The Hall–Kier alpha value is -0.860. The van der Waals surface area contributed by atoms with E-state index in [4.69, 9.17) is 4.74 Å². The Kier molecular flexibility index (Phi) is 2.74. The summed E-state index contributed by atoms with van der Waals surface area (Å²) in [5.74, 6) is -0.300. The molecule has 0 heterocycles. The smallest absolute Gasteiger partial charge is 0.303 e. The number of carbonyl (C=O) groups is 2. The second-order valence-electron chi connectivity index (χ2n) is 4.43. The summed E-state index contributed by atoms with van der Waals surface area (Å²) in [5, 5.41) is 0. The van der Waals surface area contributed by atoms with Gasteiger partial charge in [-0.1, -0.05) is 13.8 Å². The molecule has 0 spiro atoms. The first-order chi connectivity index (χ1) is 5.91. The highest BCUT2D eigenvalue weighted by atomic mass is 16.5. The van der Waals surface area contributed by atoms with Gasteiger partial charge in [0.05, 0.1) is 0 Å². The van der Waals surface area contributed by atoms with Crippen LogP contribution in [0.5, 0.6) is 0 Å². The molecule has 0 amide bonds. The fourth-order valence-corrected chi connectivity index (χ4v) is 1.65. The predicted molar refractivity (Wildman–Crippen MR) is 48.2 cm³/mol. The Bertz CT molecular complexity index is 230. The minimum absolute atomic E-state index is 0.0644. The molecule has 0 radical (unpaired) electrons. The summed E-state index contributed by atoms with van der Waals surface area (Å²) in [6, 6.07) is 0. The van der Waals surface area contributed by atoms with Crippen molar-refractivity contribution in [3.8, 4) is 0 Å². The predicted octanol–water partition coefficient (Wildman–Crippen LogP) is 1.70. The Morgan fingerprint density at radius 1 is 1.54 bits per heavy atom. The van der Waals surface area contributed by atoms with E-state index in [9.17, 15) is 9.59 Å². The number of hydrogen-bond donors (Lipinski definition) is 0. The van der Waals surface area contributed by atoms with E-state index in [1.807, 2.05) is 0 Å². The summed E-state index contributed by atoms with van der Waals surface area (Å²) >= 11 is 0. The van der Waals surface area contributed by atoms with Crippen LogP contribution in [-0.2, 0) is 14.3 Å². The average molecular weight is 184 g/mol. The molecule has 1 unspecified atom stereocenters. The first-order valence-electron chi connectivity index (χ1n) is 4.61. The summed E-state index contributed by atoms with van der Waals surface area (Å²) in [5.41, 5.74) is 0.119. The monoisotopic (exact) mass is 184 g/mol. The second kappa shape index (κ2) is 3.48. The van der Waals surface area contributed by atoms with Crippen LogP contribution in [0.15, 0.2) is 0 Å². The van der Waals surface area contributed by atoms with E-state index < -0.39 is 6.10 Å². The lowest BCUT2D eigenvalue weighted by Gasteiger charge is -2.33. The van der Waals surface area contributed by atoms with Gasteiger partial charge in [-0.25, -0.2) is 0 Å². The van der Waals surface area contributed by atoms with Crippen molar-refractivity contribution in [2.24, 2.45) is 5.41 Å². The van der Waals surface area contributed by atoms with E-state index in [-0.39, 0.29) is 17.2 Å². The Labute approximate surface area is 78.5 Å². The van der Waals surface area contributed by atoms with Crippen LogP contribution < -0.4 is 0 Å². The summed E-state index contributed by atoms with van der Waals surface area (Å²) in [6.07, 6.45) is 1.58. The molecular formula is C10H16O3. The number of rotatable bonds is 1. The quantitative estimate of drug-likeness (QED) is 0.582. The lowest BCUT2D eigenvalue weighted by molar-refractivity contribution is -0.157. The number of Topliss-reactive ketones (excluding diaryl/α,β-unsaturated/α-hetero) is 1. The van der Waals surface area contributed by atoms with Crippen LogP contribution in [0.2, 0.25) is 0 Å². The Morgan fingerprint density at radius 2 is 2.15 bits per heavy atom. The molecule has 0 N–H and O–H groups in total. The molecule has 3 heteroatoms. The van der Waals surface area contributed by atoms with Crippen molar-refractivity contribution < 1.29 is 14.3 Å². The molecular weight excluding hydrogens is 168 g/mol. The lowest BCUT2D eigenvalue weighted by atomic mass is 9.75. The molecule has 3 nitrogen and oxygen atoms in total. The van der Waals surface area contributed by atoms with Gasteiger partial charge in [0.25, 0.3) is 0 Å². The fourth-order valence-electron chi connectivity index (χ4n) is 1.65. The van der Waals surface area contributed by atoms with Gasteiger partial charge in [0.2, 0.25) is 0 Å². The first-order valence-corrected chi connectivity index (χ1v) is 4.61. The molecule has 1 rings (SSSR count). The van der Waals surface area contributed by atoms with Gasteiger partial charge in [0.15, 0.2) is 11.9 Å². The van der Waals surface area contributed by atoms with Crippen molar-refractivity contribution in [2.45, 2.75) is 46.1 Å². The normalized spacial score (nSPS) is 27.0. The van der Waals surface area contributed by atoms with Crippen molar-refractivity contribution in [1.82, 2.24) is 0 Å². The third-order valence-electron chi connectivity index (χ3n) is 2.45. The summed E-state index contributed by atoms with van der Waals surface area (Å²) in [6.45, 7) is 5.53. The molecule has 1 fully saturated rings. The van der Waals surface area contributed by atoms with Gasteiger partial charge in [-0.05, 0) is 18.3 Å². The molecule has 0 aromatic heterocycles. The zero-order valence-electron chi connectivity index (χ0n) is 8.42. The Balaban J connectivity index is 2.60. The largest absolute Gasteiger partial charge is 0.455 e. The summed E-state index contributed by atoms with van der Waals surface area (Å²) in [7, 11) is 0. The van der Waals surface area contributed by atoms with Crippen molar-refractivity contribution in [1.29, 1.82) is 0 Å². The maximum absolute atomic E-state index is 11.3. The van der Waals surface area contributed by atoms with Crippen LogP contribution in [-0.4, -0.2) is 17.9 Å². The summed E-state index contributed by atoms with van der Waals surface area (Å²) in [4.78, 5) is 22.0. The second-order valence-corrected chi connectivity index (χ2v) is 4.43. The first kappa shape index (κ1) is 10.2. The number of hydrogen-bond acceptors (Lipinski definition) is 3. The molecule has 1 aliphatic rings. The van der Waals surface area contributed by atoms with E-state index >= 15 is 0 Å². The number of esters is 1. The third kappa shape index (κ3) is 2.83. The summed E-state index contributed by atoms with van der Waals surface area (Å²) < 4.78 is 4.95. The zero-order chi connectivity index (χ0) is 10.1. The molecule has 1 atom stereocenters. The van der Waals surface area contributed by atoms with Crippen molar-refractivity contribution in [2.75, 3.05) is 0 Å². The SMILES string of the molecule is CC(=O)OC1CC(C)(C)CCC1=O. The Morgan fingerprint density at radius 3 is 2.69 bits per heavy atom. The molecule has 1 aliphatic carbocycles. The van der Waals surface area contributed by atoms with Crippen molar-refractivity contribution >= 4 is 11.8 Å². The molecule has 0 aromatic carbocycles. The molecule has 74 valence electrons. The highest BCUT2D eigenvalue weighted by Gasteiger charge is 2.35. The molecule has 0 bridgehead atoms. The van der Waals surface area contributed by atoms with E-state index in [1.54, 1.807) is 0 Å². The van der Waals surface area contributed by atoms with Gasteiger partial charge < -0.3 is 4.74 Å². The molecule has 1 saturated carbocycles. The highest BCUT2D eigenvalue weighted by molar-refractivity contribution is 5.86. The molecule has 0 aromatic rings. The lowest BCUT2D eigenvalue weighted by Crippen LogP contribution is -2.37. The average Bonchev–Trinajstić information content (AvgIpc) is 1.95. The minimum atomic E-state index is -0.499. The van der Waals surface area contributed by atoms with E-state index in [0.717, 1.165) is 6.42 Å². The van der Waals surface area contributed by atoms with Crippen molar-refractivity contribution in [3.05, 3.63) is 0 Å². The topological polar surface area (TPSA) is 43.4 Å². The number of ketones is 1. The van der Waals surface area contributed by atoms with Crippen molar-refractivity contribution in [3.63, 3.8) is 0 Å². The number of ether oxygens (including phenoxy) is 1. The van der Waals surface area contributed by atoms with Crippen LogP contribution >= 0.6 is 0 Å². The standard InChI is InChI=1S/C10H16O3/c1-7(11)13-9-6-10(2,3)5-4-8(9)12/h9H,4-6H2,1-3H3. The van der Waals surface area contributed by atoms with Gasteiger partial charge in [-0.3, -0.25) is 9.59 Å². The van der Waals surface area contributed by atoms with Gasteiger partial charge in [-0.2, -0.15) is 0 Å². The molecule has 0 saturated heterocycles. The van der Waals surface area contributed by atoms with E-state index in [0.29, 0.717) is 12.8 Å². The number of carbonyl (C=O) groups excluding carboxylic acids is 2. The molecule has 0 aliphatic heterocycles. The van der Waals surface area contributed by atoms with Crippen LogP contribution in [0.4, 0.5) is 0 Å². The zero-order valence-corrected chi connectivity index (χ0v) is 8.42. The van der Waals surface area contributed by atoms with Crippen LogP contribution in [0.3, 0.4) is 0 Å². The molecule has 13 heavy (non-hydrogen) atoms. The highest BCUT2D eigenvalue weighted by Crippen LogP contribution is 2.34. The van der Waals surface area contributed by atoms with E-state index in [1.165, 1.54) is 6.92 Å². The third-order valence-corrected chi connectivity index (χ3v) is 2.45. The van der Waals surface area contributed by atoms with Gasteiger partial charge >= 0.3 is 5.97 Å². The van der Waals surface area contributed by atoms with Crippen LogP contribution in [0.1, 0.15) is 40.0 Å². The van der Waals surface area contributed by atoms with Gasteiger partial charge in [-0.15, -0.1) is 0 Å². The fraction of sp³-hybridized carbons (Fsp3) is 0.800. The van der Waals surface area contributed by atoms with Crippen LogP contribution in [0.25, 0.3) is 0 Å². The van der Waals surface area contributed by atoms with Crippen LogP contribution in [0, 0.1) is 5.41 Å².